The lowest BCUT2D eigenvalue weighted by Gasteiger charge is -2.33. The minimum absolute atomic E-state index is 0.203. The van der Waals surface area contributed by atoms with Crippen LogP contribution in [0, 0.1) is 0 Å². The molecule has 0 bridgehead atoms. The molecule has 1 N–H and O–H groups in total. The van der Waals surface area contributed by atoms with Crippen LogP contribution >= 0.6 is 22.9 Å². The van der Waals surface area contributed by atoms with Crippen molar-refractivity contribution in [3.05, 3.63) is 95.6 Å². The molecule has 11 heteroatoms. The fourth-order valence-corrected chi connectivity index (χ4v) is 6.70. The monoisotopic (exact) mass is 643 g/mol. The number of sulfonamides is 1. The summed E-state index contributed by atoms with van der Waals surface area (Å²) in [6, 6.07) is 16.3. The molecule has 38 heavy (non-hydrogen) atoms. The van der Waals surface area contributed by atoms with Crippen LogP contribution in [0.3, 0.4) is 0 Å². The van der Waals surface area contributed by atoms with Gasteiger partial charge in [0.25, 0.3) is 0 Å². The Kier molecular flexibility index (Phi) is 6.95. The molecule has 2 aliphatic rings. The Hall–Kier alpha value is -2.84. The predicted molar refractivity (Wildman–Crippen MR) is 151 cm³/mol. The van der Waals surface area contributed by atoms with Crippen molar-refractivity contribution >= 4 is 38.6 Å². The summed E-state index contributed by atoms with van der Waals surface area (Å²) in [6.45, 7) is 4.32. The van der Waals surface area contributed by atoms with Gasteiger partial charge in [0.1, 0.15) is 12.4 Å². The average Bonchev–Trinajstić information content (AvgIpc) is 3.64. The first-order valence-electron chi connectivity index (χ1n) is 12.3. The molecule has 2 aliphatic heterocycles. The van der Waals surface area contributed by atoms with Crippen LogP contribution in [-0.4, -0.2) is 57.1 Å². The molecular formula is C27H26IN5O4S. The fourth-order valence-electron chi connectivity index (χ4n) is 4.88. The fraction of sp³-hybridized carbons (Fsp3) is 0.259. The molecule has 1 unspecified atom stereocenters. The molecule has 1 fully saturated rings. The van der Waals surface area contributed by atoms with Crippen molar-refractivity contribution in [1.82, 2.24) is 17.4 Å². The number of nitrogens with zero attached hydrogens (tertiary/aromatic N) is 5. The maximum atomic E-state index is 13.4. The Morgan fingerprint density at radius 1 is 0.947 bits per heavy atom. The molecule has 4 heterocycles. The minimum atomic E-state index is -3.72. The number of aliphatic hydroxyl groups excluding tert-OH is 1. The highest BCUT2D eigenvalue weighted by atomic mass is 127. The van der Waals surface area contributed by atoms with Crippen molar-refractivity contribution in [1.29, 1.82) is 0 Å². The highest BCUT2D eigenvalue weighted by Gasteiger charge is 2.32. The zero-order valence-corrected chi connectivity index (χ0v) is 23.4. The van der Waals surface area contributed by atoms with E-state index in [1.54, 1.807) is 36.7 Å². The molecule has 2 aromatic heterocycles. The first-order valence-corrected chi connectivity index (χ1v) is 14.7. The Morgan fingerprint density at radius 2 is 1.71 bits per heavy atom. The van der Waals surface area contributed by atoms with E-state index in [9.17, 15) is 13.5 Å². The van der Waals surface area contributed by atoms with Crippen molar-refractivity contribution in [2.24, 2.45) is 0 Å². The van der Waals surface area contributed by atoms with Gasteiger partial charge in [0.2, 0.25) is 15.9 Å². The number of fused-ring (bicyclic) bond motifs is 1. The number of aliphatic hydroxyl groups is 1. The lowest BCUT2D eigenvalue weighted by atomic mass is 10.0. The van der Waals surface area contributed by atoms with Crippen LogP contribution in [0.15, 0.2) is 82.6 Å². The second kappa shape index (κ2) is 10.4. The third-order valence-electron chi connectivity index (χ3n) is 7.03. The summed E-state index contributed by atoms with van der Waals surface area (Å²) in [6.07, 6.45) is 3.80. The number of aromatic nitrogens is 2. The molecule has 1 atom stereocenters. The van der Waals surface area contributed by atoms with Crippen molar-refractivity contribution in [2.45, 2.75) is 24.1 Å². The number of rotatable bonds is 6. The molecule has 6 rings (SSSR count). The van der Waals surface area contributed by atoms with Crippen LogP contribution in [0.1, 0.15) is 28.5 Å². The minimum Gasteiger partial charge on any atom is -0.445 e. The van der Waals surface area contributed by atoms with E-state index in [1.165, 1.54) is 10.6 Å². The van der Waals surface area contributed by atoms with Crippen molar-refractivity contribution in [3.8, 4) is 11.5 Å². The molecule has 2 aromatic carbocycles. The van der Waals surface area contributed by atoms with Crippen LogP contribution in [0.2, 0.25) is 0 Å². The number of oxazole rings is 1. The first kappa shape index (κ1) is 25.4. The molecule has 196 valence electrons. The van der Waals surface area contributed by atoms with Crippen molar-refractivity contribution < 1.29 is 17.9 Å². The molecule has 4 aromatic rings. The summed E-state index contributed by atoms with van der Waals surface area (Å²) in [5.74, 6) is 0.438. The van der Waals surface area contributed by atoms with Gasteiger partial charge in [-0.25, -0.2) is 16.5 Å². The van der Waals surface area contributed by atoms with Gasteiger partial charge in [-0.1, -0.05) is 12.1 Å². The summed E-state index contributed by atoms with van der Waals surface area (Å²) in [4.78, 5) is 11.1. The van der Waals surface area contributed by atoms with Crippen molar-refractivity contribution in [2.75, 3.05) is 31.1 Å². The molecule has 9 nitrogen and oxygen atoms in total. The number of piperazine rings is 1. The quantitative estimate of drug-likeness (QED) is 0.249. The van der Waals surface area contributed by atoms with E-state index in [2.05, 4.69) is 46.9 Å². The largest absolute Gasteiger partial charge is 0.445 e. The van der Waals surface area contributed by atoms with E-state index in [0.717, 1.165) is 48.6 Å². The topological polar surface area (TPSA) is 103 Å². The number of hydrogen-bond donors (Lipinski definition) is 1. The molecule has 0 saturated carbocycles. The highest BCUT2D eigenvalue weighted by Crippen LogP contribution is 2.32. The van der Waals surface area contributed by atoms with E-state index in [1.807, 2.05) is 24.3 Å². The zero-order chi connectivity index (χ0) is 26.3. The first-order chi connectivity index (χ1) is 18.4. The number of pyridine rings is 1. The molecular weight excluding hydrogens is 617 g/mol. The SMILES string of the molecule is O=S(=O)(c1ccc(-c2ncco2)cc1)N1Cc2cnc(C(O)c3cccc(N4CCN(I)CC4)c3)cc2C1. The van der Waals surface area contributed by atoms with Crippen LogP contribution in [-0.2, 0) is 23.1 Å². The normalized spacial score (nSPS) is 17.5. The van der Waals surface area contributed by atoms with E-state index in [0.29, 0.717) is 17.1 Å². The molecule has 0 radical (unpaired) electrons. The maximum Gasteiger partial charge on any atom is 0.243 e. The summed E-state index contributed by atoms with van der Waals surface area (Å²) < 4.78 is 35.7. The molecule has 0 amide bonds. The second-order valence-corrected chi connectivity index (χ2v) is 12.7. The lowest BCUT2D eigenvalue weighted by molar-refractivity contribution is 0.215. The van der Waals surface area contributed by atoms with Gasteiger partial charge < -0.3 is 14.4 Å². The number of halogens is 1. The third-order valence-corrected chi connectivity index (χ3v) is 9.80. The summed E-state index contributed by atoms with van der Waals surface area (Å²) in [5, 5.41) is 11.2. The highest BCUT2D eigenvalue weighted by molar-refractivity contribution is 14.1. The lowest BCUT2D eigenvalue weighted by Crippen LogP contribution is -2.42. The van der Waals surface area contributed by atoms with Gasteiger partial charge >= 0.3 is 0 Å². The van der Waals surface area contributed by atoms with Gasteiger partial charge in [0, 0.05) is 79.6 Å². The van der Waals surface area contributed by atoms with Crippen LogP contribution in [0.25, 0.3) is 11.5 Å². The Balaban J connectivity index is 1.18. The van der Waals surface area contributed by atoms with Gasteiger partial charge in [-0.2, -0.15) is 4.31 Å². The maximum absolute atomic E-state index is 13.4. The number of anilines is 1. The second-order valence-electron chi connectivity index (χ2n) is 9.41. The molecule has 0 spiro atoms. The van der Waals surface area contributed by atoms with Gasteiger partial charge in [-0.15, -0.1) is 0 Å². The van der Waals surface area contributed by atoms with Gasteiger partial charge in [0.15, 0.2) is 0 Å². The predicted octanol–water partition coefficient (Wildman–Crippen LogP) is 3.99. The van der Waals surface area contributed by atoms with Gasteiger partial charge in [0.05, 0.1) is 16.8 Å². The van der Waals surface area contributed by atoms with E-state index < -0.39 is 16.1 Å². The number of benzene rings is 2. The van der Waals surface area contributed by atoms with E-state index in [4.69, 9.17) is 4.42 Å². The van der Waals surface area contributed by atoms with Gasteiger partial charge in [-0.3, -0.25) is 4.98 Å². The van der Waals surface area contributed by atoms with E-state index >= 15 is 0 Å². The Labute approximate surface area is 235 Å². The Bertz CT molecular complexity index is 1540. The standard InChI is InChI=1S/C27H26IN5O4S/c28-32-11-9-31(10-12-32)23-3-1-2-20(14-23)26(34)25-15-21-17-33(18-22(21)16-30-25)38(35,36)24-6-4-19(5-7-24)27-29-8-13-37-27/h1-8,13-16,26,34H,9-12,17-18H2. The Morgan fingerprint density at radius 3 is 2.45 bits per heavy atom. The van der Waals surface area contributed by atoms with Gasteiger partial charge in [-0.05, 0) is 59.2 Å². The van der Waals surface area contributed by atoms with Crippen LogP contribution < -0.4 is 4.90 Å². The molecule has 1 saturated heterocycles. The van der Waals surface area contributed by atoms with E-state index in [-0.39, 0.29) is 18.0 Å². The summed E-state index contributed by atoms with van der Waals surface area (Å²) in [7, 11) is -3.72. The summed E-state index contributed by atoms with van der Waals surface area (Å²) in [5.41, 5.74) is 4.75. The third kappa shape index (κ3) is 4.96. The van der Waals surface area contributed by atoms with Crippen molar-refractivity contribution in [3.63, 3.8) is 0 Å². The summed E-state index contributed by atoms with van der Waals surface area (Å²) >= 11 is 2.35. The van der Waals surface area contributed by atoms with Crippen LogP contribution in [0.4, 0.5) is 5.69 Å². The molecule has 0 aliphatic carbocycles. The average molecular weight is 644 g/mol. The van der Waals surface area contributed by atoms with Crippen LogP contribution in [0.5, 0.6) is 0 Å². The number of hydrogen-bond acceptors (Lipinski definition) is 8. The smallest absolute Gasteiger partial charge is 0.243 e. The zero-order valence-electron chi connectivity index (χ0n) is 20.4.